The van der Waals surface area contributed by atoms with Crippen molar-refractivity contribution in [3.05, 3.63) is 27.9 Å². The predicted molar refractivity (Wildman–Crippen MR) is 69.5 cm³/mol. The molecule has 94 valence electrons. The first-order valence-corrected chi connectivity index (χ1v) is 6.88. The van der Waals surface area contributed by atoms with E-state index in [0.717, 1.165) is 10.6 Å². The molecule has 2 N–H and O–H groups in total. The molecule has 2 aromatic heterocycles. The molecule has 0 aliphatic carbocycles. The number of carbonyl (C=O) groups is 2. The van der Waals surface area contributed by atoms with E-state index in [1.165, 1.54) is 18.3 Å². The normalized spacial score (nSPS) is 12.1. The molecule has 0 aliphatic heterocycles. The third-order valence-corrected chi connectivity index (χ3v) is 3.74. The van der Waals surface area contributed by atoms with E-state index in [1.54, 1.807) is 16.7 Å². The van der Waals surface area contributed by atoms with Crippen LogP contribution in [0, 0.1) is 0 Å². The van der Waals surface area contributed by atoms with Crippen molar-refractivity contribution in [2.24, 2.45) is 5.73 Å². The van der Waals surface area contributed by atoms with Gasteiger partial charge >= 0.3 is 5.97 Å². The molecule has 0 spiro atoms. The number of carbonyl (C=O) groups excluding carboxylic acids is 2. The Morgan fingerprint density at radius 1 is 1.44 bits per heavy atom. The standard InChI is InChI=1S/C11H10N2O3S2/c1-6(9(12)14)16-11(15)8-5-18-10(13-8)7-2-3-17-4-7/h2-6H,1H3,(H2,12,14). The minimum Gasteiger partial charge on any atom is -0.448 e. The summed E-state index contributed by atoms with van der Waals surface area (Å²) in [5, 5.41) is 6.22. The Hall–Kier alpha value is -1.73. The lowest BCUT2D eigenvalue weighted by Crippen LogP contribution is -2.30. The van der Waals surface area contributed by atoms with Crippen LogP contribution in [0.5, 0.6) is 0 Å². The van der Waals surface area contributed by atoms with E-state index in [2.05, 4.69) is 4.98 Å². The molecule has 0 fully saturated rings. The van der Waals surface area contributed by atoms with Gasteiger partial charge in [0.05, 0.1) is 0 Å². The van der Waals surface area contributed by atoms with E-state index in [-0.39, 0.29) is 5.69 Å². The van der Waals surface area contributed by atoms with Crippen LogP contribution in [-0.4, -0.2) is 23.0 Å². The maximum absolute atomic E-state index is 11.7. The summed E-state index contributed by atoms with van der Waals surface area (Å²) >= 11 is 2.91. The van der Waals surface area contributed by atoms with Crippen LogP contribution in [0.3, 0.4) is 0 Å². The van der Waals surface area contributed by atoms with Gasteiger partial charge in [0.1, 0.15) is 5.01 Å². The Balaban J connectivity index is 2.11. The summed E-state index contributed by atoms with van der Waals surface area (Å²) < 4.78 is 4.86. The highest BCUT2D eigenvalue weighted by molar-refractivity contribution is 7.14. The smallest absolute Gasteiger partial charge is 0.358 e. The number of rotatable bonds is 4. The van der Waals surface area contributed by atoms with Gasteiger partial charge in [-0.05, 0) is 18.4 Å². The summed E-state index contributed by atoms with van der Waals surface area (Å²) in [5.74, 6) is -1.32. The molecule has 18 heavy (non-hydrogen) atoms. The maximum atomic E-state index is 11.7. The van der Waals surface area contributed by atoms with E-state index >= 15 is 0 Å². The van der Waals surface area contributed by atoms with Crippen molar-refractivity contribution in [2.75, 3.05) is 0 Å². The van der Waals surface area contributed by atoms with Crippen LogP contribution >= 0.6 is 22.7 Å². The molecule has 0 aromatic carbocycles. The number of esters is 1. The lowest BCUT2D eigenvalue weighted by atomic mass is 10.3. The minimum atomic E-state index is -0.955. The molecule has 1 unspecified atom stereocenters. The second kappa shape index (κ2) is 5.28. The molecule has 1 atom stereocenters. The van der Waals surface area contributed by atoms with Crippen LogP contribution in [0.4, 0.5) is 0 Å². The zero-order chi connectivity index (χ0) is 13.1. The van der Waals surface area contributed by atoms with Gasteiger partial charge in [-0.3, -0.25) is 4.79 Å². The van der Waals surface area contributed by atoms with Crippen LogP contribution in [-0.2, 0) is 9.53 Å². The van der Waals surface area contributed by atoms with Gasteiger partial charge in [0, 0.05) is 16.3 Å². The summed E-state index contributed by atoms with van der Waals surface area (Å²) in [6.45, 7) is 1.42. The number of hydrogen-bond acceptors (Lipinski definition) is 6. The Bertz CT molecular complexity index is 563. The summed E-state index contributed by atoms with van der Waals surface area (Å²) in [5.41, 5.74) is 6.17. The van der Waals surface area contributed by atoms with E-state index in [1.807, 2.05) is 16.8 Å². The monoisotopic (exact) mass is 282 g/mol. The van der Waals surface area contributed by atoms with Crippen LogP contribution < -0.4 is 5.73 Å². The summed E-state index contributed by atoms with van der Waals surface area (Å²) in [6, 6.07) is 1.92. The van der Waals surface area contributed by atoms with Crippen molar-refractivity contribution < 1.29 is 14.3 Å². The molecule has 7 heteroatoms. The zero-order valence-corrected chi connectivity index (χ0v) is 11.1. The molecule has 5 nitrogen and oxygen atoms in total. The van der Waals surface area contributed by atoms with Gasteiger partial charge in [0.2, 0.25) is 0 Å². The van der Waals surface area contributed by atoms with Gasteiger partial charge in [-0.15, -0.1) is 11.3 Å². The summed E-state index contributed by atoms with van der Waals surface area (Å²) in [6.07, 6.45) is -0.955. The molecule has 0 saturated carbocycles. The fourth-order valence-corrected chi connectivity index (χ4v) is 2.67. The quantitative estimate of drug-likeness (QED) is 0.868. The average molecular weight is 282 g/mol. The molecular weight excluding hydrogens is 272 g/mol. The Kier molecular flexibility index (Phi) is 3.73. The first-order valence-electron chi connectivity index (χ1n) is 5.06. The van der Waals surface area contributed by atoms with E-state index in [9.17, 15) is 9.59 Å². The third-order valence-electron chi connectivity index (χ3n) is 2.17. The SMILES string of the molecule is CC(OC(=O)c1csc(-c2ccsc2)n1)C(N)=O. The first kappa shape index (κ1) is 12.7. The second-order valence-corrected chi connectivity index (χ2v) is 5.14. The Labute approximate surface area is 111 Å². The van der Waals surface area contributed by atoms with Crippen LogP contribution in [0.2, 0.25) is 0 Å². The zero-order valence-electron chi connectivity index (χ0n) is 9.45. The lowest BCUT2D eigenvalue weighted by Gasteiger charge is -2.07. The fourth-order valence-electron chi connectivity index (χ4n) is 1.17. The first-order chi connectivity index (χ1) is 8.58. The van der Waals surface area contributed by atoms with E-state index in [4.69, 9.17) is 10.5 Å². The molecule has 0 bridgehead atoms. The lowest BCUT2D eigenvalue weighted by molar-refractivity contribution is -0.125. The third kappa shape index (κ3) is 2.74. The van der Waals surface area contributed by atoms with Crippen molar-refractivity contribution in [3.8, 4) is 10.6 Å². The molecule has 0 saturated heterocycles. The average Bonchev–Trinajstić information content (AvgIpc) is 2.99. The number of ether oxygens (including phenoxy) is 1. The summed E-state index contributed by atoms with van der Waals surface area (Å²) in [4.78, 5) is 26.6. The van der Waals surface area contributed by atoms with E-state index in [0.29, 0.717) is 0 Å². The van der Waals surface area contributed by atoms with Gasteiger partial charge < -0.3 is 10.5 Å². The van der Waals surface area contributed by atoms with Crippen molar-refractivity contribution in [3.63, 3.8) is 0 Å². The Morgan fingerprint density at radius 2 is 2.22 bits per heavy atom. The predicted octanol–water partition coefficient (Wildman–Crippen LogP) is 1.90. The number of nitrogens with two attached hydrogens (primary N) is 1. The minimum absolute atomic E-state index is 0.189. The van der Waals surface area contributed by atoms with E-state index < -0.39 is 18.0 Å². The number of thiophene rings is 1. The molecule has 0 radical (unpaired) electrons. The molecule has 2 rings (SSSR count). The van der Waals surface area contributed by atoms with Crippen LogP contribution in [0.25, 0.3) is 10.6 Å². The van der Waals surface area contributed by atoms with Gasteiger partial charge in [-0.2, -0.15) is 11.3 Å². The summed E-state index contributed by atoms with van der Waals surface area (Å²) in [7, 11) is 0. The fraction of sp³-hybridized carbons (Fsp3) is 0.182. The molecule has 2 heterocycles. The highest BCUT2D eigenvalue weighted by Gasteiger charge is 2.19. The van der Waals surface area contributed by atoms with Gasteiger partial charge in [-0.25, -0.2) is 9.78 Å². The van der Waals surface area contributed by atoms with Crippen molar-refractivity contribution in [1.82, 2.24) is 4.98 Å². The molecule has 0 aliphatic rings. The van der Waals surface area contributed by atoms with Gasteiger partial charge in [0.15, 0.2) is 11.8 Å². The Morgan fingerprint density at radius 3 is 2.83 bits per heavy atom. The van der Waals surface area contributed by atoms with Gasteiger partial charge in [-0.1, -0.05) is 0 Å². The van der Waals surface area contributed by atoms with Crippen LogP contribution in [0.15, 0.2) is 22.2 Å². The topological polar surface area (TPSA) is 82.3 Å². The molecule has 1 amide bonds. The number of aromatic nitrogens is 1. The number of thiazole rings is 1. The number of hydrogen-bond donors (Lipinski definition) is 1. The molecule has 2 aromatic rings. The highest BCUT2D eigenvalue weighted by atomic mass is 32.1. The van der Waals surface area contributed by atoms with Crippen molar-refractivity contribution >= 4 is 34.6 Å². The van der Waals surface area contributed by atoms with Crippen molar-refractivity contribution in [1.29, 1.82) is 0 Å². The number of primary amides is 1. The highest BCUT2D eigenvalue weighted by Crippen LogP contribution is 2.25. The van der Waals surface area contributed by atoms with Gasteiger partial charge in [0.25, 0.3) is 5.91 Å². The largest absolute Gasteiger partial charge is 0.448 e. The molecular formula is C11H10N2O3S2. The van der Waals surface area contributed by atoms with Crippen molar-refractivity contribution in [2.45, 2.75) is 13.0 Å². The second-order valence-electron chi connectivity index (χ2n) is 3.50. The number of nitrogens with zero attached hydrogens (tertiary/aromatic N) is 1. The number of amides is 1. The maximum Gasteiger partial charge on any atom is 0.358 e. The van der Waals surface area contributed by atoms with Crippen LogP contribution in [0.1, 0.15) is 17.4 Å².